The van der Waals surface area contributed by atoms with Gasteiger partial charge in [-0.1, -0.05) is 18.2 Å². The number of aryl methyl sites for hydroxylation is 1. The minimum absolute atomic E-state index is 0.0679. The van der Waals surface area contributed by atoms with Gasteiger partial charge in [0.2, 0.25) is 5.78 Å². The van der Waals surface area contributed by atoms with Crippen molar-refractivity contribution in [2.45, 2.75) is 26.8 Å². The lowest BCUT2D eigenvalue weighted by atomic mass is 10.1. The Balaban J connectivity index is 1.47. The summed E-state index contributed by atoms with van der Waals surface area (Å²) in [5.41, 5.74) is 2.59. The molecule has 0 spiro atoms. The highest BCUT2D eigenvalue weighted by Crippen LogP contribution is 2.22. The van der Waals surface area contributed by atoms with E-state index in [1.807, 2.05) is 55.7 Å². The number of methoxy groups -OCH3 is 1. The Morgan fingerprint density at radius 2 is 1.63 bits per heavy atom. The number of carbonyl (C=O) groups excluding carboxylic acids is 3. The van der Waals surface area contributed by atoms with Crippen molar-refractivity contribution in [2.24, 2.45) is 0 Å². The van der Waals surface area contributed by atoms with Crippen LogP contribution in [0, 0.1) is 13.8 Å². The van der Waals surface area contributed by atoms with E-state index in [4.69, 9.17) is 14.2 Å². The molecule has 8 nitrogen and oxygen atoms in total. The van der Waals surface area contributed by atoms with Crippen molar-refractivity contribution in [1.29, 1.82) is 0 Å². The fraction of sp³-hybridized carbons (Fsp3) is 0.296. The number of hydrogen-bond donors (Lipinski definition) is 1. The summed E-state index contributed by atoms with van der Waals surface area (Å²) in [5, 5.41) is 2.50. The zero-order valence-corrected chi connectivity index (χ0v) is 20.4. The highest BCUT2D eigenvalue weighted by Gasteiger charge is 2.20. The summed E-state index contributed by atoms with van der Waals surface area (Å²) in [7, 11) is 1.63. The Bertz CT molecular complexity index is 1170. The number of amides is 1. The van der Waals surface area contributed by atoms with E-state index in [2.05, 4.69) is 5.32 Å². The van der Waals surface area contributed by atoms with Gasteiger partial charge in [-0.05, 0) is 63.2 Å². The first kappa shape index (κ1) is 25.7. The second kappa shape index (κ2) is 12.0. The number of para-hydroxylation sites is 1. The first-order valence-corrected chi connectivity index (χ1v) is 11.3. The summed E-state index contributed by atoms with van der Waals surface area (Å²) in [6.45, 7) is 5.54. The van der Waals surface area contributed by atoms with E-state index < -0.39 is 18.5 Å². The molecule has 0 saturated carbocycles. The van der Waals surface area contributed by atoms with Crippen LogP contribution in [-0.4, -0.2) is 49.1 Å². The van der Waals surface area contributed by atoms with Gasteiger partial charge in [-0.2, -0.15) is 0 Å². The van der Waals surface area contributed by atoms with Gasteiger partial charge in [-0.15, -0.1) is 0 Å². The maximum atomic E-state index is 12.6. The molecule has 0 aliphatic carbocycles. The van der Waals surface area contributed by atoms with Gasteiger partial charge in [0, 0.05) is 29.6 Å². The van der Waals surface area contributed by atoms with Crippen molar-refractivity contribution in [2.75, 3.05) is 26.9 Å². The summed E-state index contributed by atoms with van der Waals surface area (Å²) in [6.07, 6.45) is 0. The molecule has 1 heterocycles. The Hall–Kier alpha value is -3.91. The maximum absolute atomic E-state index is 12.6. The molecule has 2 aromatic carbocycles. The largest absolute Gasteiger partial charge is 0.457 e. The van der Waals surface area contributed by atoms with Crippen molar-refractivity contribution in [3.63, 3.8) is 0 Å². The molecule has 0 saturated heterocycles. The Labute approximate surface area is 204 Å². The Kier molecular flexibility index (Phi) is 8.80. The third-order valence-electron chi connectivity index (χ3n) is 5.49. The summed E-state index contributed by atoms with van der Waals surface area (Å²) < 4.78 is 18.0. The smallest absolute Gasteiger partial charge is 0.325 e. The second-order valence-electron chi connectivity index (χ2n) is 8.17. The van der Waals surface area contributed by atoms with Crippen LogP contribution in [0.1, 0.15) is 45.1 Å². The standard InChI is InChI=1S/C27H30N2O6/c1-18-14-24(20(3)29(18)19(2)16-33-4)25(30)17-34-26(31)15-28-27(32)21-10-12-23(13-11-21)35-22-8-6-5-7-9-22/h5-14,19H,15-17H2,1-4H3,(H,28,32). The second-order valence-corrected chi connectivity index (χ2v) is 8.17. The summed E-state index contributed by atoms with van der Waals surface area (Å²) in [4.78, 5) is 37.0. The number of ether oxygens (including phenoxy) is 3. The van der Waals surface area contributed by atoms with Gasteiger partial charge in [0.1, 0.15) is 18.0 Å². The van der Waals surface area contributed by atoms with Crippen molar-refractivity contribution in [3.8, 4) is 11.5 Å². The van der Waals surface area contributed by atoms with Gasteiger partial charge in [-0.3, -0.25) is 14.4 Å². The molecule has 3 rings (SSSR count). The first-order chi connectivity index (χ1) is 16.8. The molecule has 0 bridgehead atoms. The van der Waals surface area contributed by atoms with Crippen LogP contribution in [0.2, 0.25) is 0 Å². The molecule has 1 aromatic heterocycles. The number of rotatable bonds is 11. The average molecular weight is 479 g/mol. The first-order valence-electron chi connectivity index (χ1n) is 11.3. The molecular formula is C27H30N2O6. The number of ketones is 1. The third kappa shape index (κ3) is 6.80. The lowest BCUT2D eigenvalue weighted by molar-refractivity contribution is -0.141. The van der Waals surface area contributed by atoms with Gasteiger partial charge in [0.05, 0.1) is 12.6 Å². The van der Waals surface area contributed by atoms with Crippen molar-refractivity contribution < 1.29 is 28.6 Å². The molecule has 0 radical (unpaired) electrons. The predicted octanol–water partition coefficient (Wildman–Crippen LogP) is 4.26. The van der Waals surface area contributed by atoms with Crippen LogP contribution in [0.15, 0.2) is 60.7 Å². The van der Waals surface area contributed by atoms with E-state index in [-0.39, 0.29) is 18.4 Å². The molecule has 35 heavy (non-hydrogen) atoms. The molecule has 184 valence electrons. The van der Waals surface area contributed by atoms with Crippen LogP contribution in [0.4, 0.5) is 0 Å². The maximum Gasteiger partial charge on any atom is 0.325 e. The molecule has 3 aromatic rings. The van der Waals surface area contributed by atoms with Gasteiger partial charge in [-0.25, -0.2) is 0 Å². The molecule has 1 N–H and O–H groups in total. The minimum atomic E-state index is -0.697. The highest BCUT2D eigenvalue weighted by atomic mass is 16.5. The van der Waals surface area contributed by atoms with Gasteiger partial charge >= 0.3 is 5.97 Å². The monoisotopic (exact) mass is 478 g/mol. The van der Waals surface area contributed by atoms with Crippen LogP contribution in [0.25, 0.3) is 0 Å². The van der Waals surface area contributed by atoms with Crippen molar-refractivity contribution >= 4 is 17.7 Å². The fourth-order valence-corrected chi connectivity index (χ4v) is 3.88. The number of nitrogens with zero attached hydrogens (tertiary/aromatic N) is 1. The van der Waals surface area contributed by atoms with Gasteiger partial charge in [0.15, 0.2) is 6.61 Å². The number of carbonyl (C=O) groups is 3. The lowest BCUT2D eigenvalue weighted by Gasteiger charge is -2.17. The summed E-state index contributed by atoms with van der Waals surface area (Å²) in [6, 6.07) is 17.7. The number of aromatic nitrogens is 1. The normalized spacial score (nSPS) is 11.5. The van der Waals surface area contributed by atoms with Crippen LogP contribution in [0.3, 0.4) is 0 Å². The number of nitrogens with one attached hydrogen (secondary N) is 1. The van der Waals surface area contributed by atoms with E-state index in [1.54, 1.807) is 37.4 Å². The van der Waals surface area contributed by atoms with E-state index in [0.29, 0.717) is 29.2 Å². The zero-order chi connectivity index (χ0) is 25.4. The van der Waals surface area contributed by atoms with E-state index in [1.165, 1.54) is 0 Å². The van der Waals surface area contributed by atoms with Crippen LogP contribution >= 0.6 is 0 Å². The zero-order valence-electron chi connectivity index (χ0n) is 20.4. The minimum Gasteiger partial charge on any atom is -0.457 e. The molecular weight excluding hydrogens is 448 g/mol. The summed E-state index contributed by atoms with van der Waals surface area (Å²) in [5.74, 6) is -0.162. The van der Waals surface area contributed by atoms with Crippen LogP contribution in [0.5, 0.6) is 11.5 Å². The molecule has 8 heteroatoms. The van der Waals surface area contributed by atoms with Crippen LogP contribution in [-0.2, 0) is 14.3 Å². The summed E-state index contributed by atoms with van der Waals surface area (Å²) >= 11 is 0. The molecule has 1 amide bonds. The quantitative estimate of drug-likeness (QED) is 0.327. The third-order valence-corrected chi connectivity index (χ3v) is 5.49. The number of hydrogen-bond acceptors (Lipinski definition) is 6. The van der Waals surface area contributed by atoms with E-state index in [0.717, 1.165) is 11.4 Å². The Morgan fingerprint density at radius 3 is 2.29 bits per heavy atom. The van der Waals surface area contributed by atoms with E-state index in [9.17, 15) is 14.4 Å². The number of esters is 1. The average Bonchev–Trinajstić information content (AvgIpc) is 3.16. The Morgan fingerprint density at radius 1 is 0.971 bits per heavy atom. The molecule has 0 fully saturated rings. The molecule has 1 unspecified atom stereocenters. The highest BCUT2D eigenvalue weighted by molar-refractivity contribution is 6.00. The predicted molar refractivity (Wildman–Crippen MR) is 131 cm³/mol. The van der Waals surface area contributed by atoms with Crippen molar-refractivity contribution in [3.05, 3.63) is 83.2 Å². The molecule has 1 atom stereocenters. The number of Topliss-reactive ketones (excluding diaryl/α,β-unsaturated/α-hetero) is 1. The van der Waals surface area contributed by atoms with Crippen molar-refractivity contribution in [1.82, 2.24) is 9.88 Å². The SMILES string of the molecule is COCC(C)n1c(C)cc(C(=O)COC(=O)CNC(=O)c2ccc(Oc3ccccc3)cc2)c1C. The topological polar surface area (TPSA) is 95.9 Å². The van der Waals surface area contributed by atoms with Gasteiger partial charge in [0.25, 0.3) is 5.91 Å². The molecule has 0 aliphatic heterocycles. The van der Waals surface area contributed by atoms with Crippen LogP contribution < -0.4 is 10.1 Å². The fourth-order valence-electron chi connectivity index (χ4n) is 3.88. The van der Waals surface area contributed by atoms with E-state index >= 15 is 0 Å². The van der Waals surface area contributed by atoms with Gasteiger partial charge < -0.3 is 24.1 Å². The molecule has 0 aliphatic rings. The lowest BCUT2D eigenvalue weighted by Crippen LogP contribution is -2.31. The number of benzene rings is 2.